The first-order valence-electron chi connectivity index (χ1n) is 9.61. The minimum atomic E-state index is 0.548. The number of tetrazole rings is 1. The van der Waals surface area contributed by atoms with Crippen molar-refractivity contribution in [1.82, 2.24) is 40.8 Å². The van der Waals surface area contributed by atoms with E-state index < -0.39 is 0 Å². The minimum Gasteiger partial charge on any atom is -0.354 e. The van der Waals surface area contributed by atoms with Crippen LogP contribution in [0.3, 0.4) is 0 Å². The van der Waals surface area contributed by atoms with Gasteiger partial charge in [-0.15, -0.1) is 10.2 Å². The highest BCUT2D eigenvalue weighted by atomic mass is 15.5. The quantitative estimate of drug-likeness (QED) is 0.560. The van der Waals surface area contributed by atoms with E-state index in [2.05, 4.69) is 77.3 Å². The monoisotopic (exact) mass is 379 g/mol. The fraction of sp³-hybridized carbons (Fsp3) is 0.421. The summed E-state index contributed by atoms with van der Waals surface area (Å²) in [5, 5.41) is 20.5. The highest BCUT2D eigenvalue weighted by molar-refractivity contribution is 5.60. The van der Waals surface area contributed by atoms with Gasteiger partial charge in [0.2, 0.25) is 5.95 Å². The predicted octanol–water partition coefficient (Wildman–Crippen LogP) is 1.10. The van der Waals surface area contributed by atoms with Crippen molar-refractivity contribution in [2.45, 2.75) is 25.9 Å². The summed E-state index contributed by atoms with van der Waals surface area (Å²) in [6, 6.07) is 11.1. The third-order valence-corrected chi connectivity index (χ3v) is 4.92. The number of rotatable bonds is 7. The Bertz CT molecular complexity index is 881. The Morgan fingerprint density at radius 3 is 3.11 bits per heavy atom. The average Bonchev–Trinajstić information content (AvgIpc) is 3.24. The molecule has 9 nitrogen and oxygen atoms in total. The van der Waals surface area contributed by atoms with Crippen LogP contribution in [0.4, 0.5) is 5.95 Å². The first kappa shape index (κ1) is 18.5. The van der Waals surface area contributed by atoms with Crippen molar-refractivity contribution >= 4 is 5.95 Å². The second kappa shape index (κ2) is 8.85. The number of anilines is 1. The second-order valence-corrected chi connectivity index (χ2v) is 6.99. The Balaban J connectivity index is 1.42. The summed E-state index contributed by atoms with van der Waals surface area (Å²) in [4.78, 5) is 11.5. The third-order valence-electron chi connectivity index (χ3n) is 4.92. The van der Waals surface area contributed by atoms with Crippen molar-refractivity contribution in [2.24, 2.45) is 0 Å². The molecule has 1 aromatic carbocycles. The normalized spacial score (nSPS) is 17.5. The van der Waals surface area contributed by atoms with Crippen molar-refractivity contribution in [2.75, 3.05) is 31.5 Å². The zero-order valence-electron chi connectivity index (χ0n) is 16.0. The third kappa shape index (κ3) is 4.68. The van der Waals surface area contributed by atoms with E-state index in [1.807, 2.05) is 6.07 Å². The van der Waals surface area contributed by atoms with Crippen LogP contribution in [-0.4, -0.2) is 67.7 Å². The average molecular weight is 379 g/mol. The maximum absolute atomic E-state index is 4.65. The molecule has 1 saturated heterocycles. The standard InChI is InChI=1S/C19H25N9/c1-14-12-20-9-10-28(14)13-15-3-2-4-16(11-15)17-5-7-21-19(23-17)22-8-6-18-24-26-27-25-18/h2-5,7,11,14,20H,6,8-10,12-13H2,1H3,(H,21,22,23)(H,24,25,26,27)/t14-/m0/s1. The van der Waals surface area contributed by atoms with Gasteiger partial charge in [-0.05, 0) is 24.6 Å². The maximum atomic E-state index is 4.65. The zero-order chi connectivity index (χ0) is 19.2. The van der Waals surface area contributed by atoms with Gasteiger partial charge >= 0.3 is 0 Å². The fourth-order valence-corrected chi connectivity index (χ4v) is 3.36. The van der Waals surface area contributed by atoms with Gasteiger partial charge in [-0.25, -0.2) is 9.97 Å². The molecule has 2 aromatic heterocycles. The van der Waals surface area contributed by atoms with Crippen molar-refractivity contribution in [3.63, 3.8) is 0 Å². The lowest BCUT2D eigenvalue weighted by Crippen LogP contribution is -2.49. The molecule has 0 saturated carbocycles. The molecule has 3 aromatic rings. The number of aromatic nitrogens is 6. The summed E-state index contributed by atoms with van der Waals surface area (Å²) in [6.07, 6.45) is 2.44. The van der Waals surface area contributed by atoms with Gasteiger partial charge in [-0.3, -0.25) is 4.90 Å². The Hall–Kier alpha value is -2.91. The number of H-pyrrole nitrogens is 1. The SMILES string of the molecule is C[C@H]1CNCCN1Cc1cccc(-c2ccnc(NCCc3nn[nH]n3)n2)c1. The molecule has 3 heterocycles. The second-order valence-electron chi connectivity index (χ2n) is 6.99. The van der Waals surface area contributed by atoms with Gasteiger partial charge in [0, 0.05) is 56.9 Å². The van der Waals surface area contributed by atoms with Crippen LogP contribution < -0.4 is 10.6 Å². The highest BCUT2D eigenvalue weighted by Gasteiger charge is 2.17. The summed E-state index contributed by atoms with van der Waals surface area (Å²) in [7, 11) is 0. The van der Waals surface area contributed by atoms with E-state index >= 15 is 0 Å². The number of aromatic amines is 1. The highest BCUT2D eigenvalue weighted by Crippen LogP contribution is 2.20. The molecule has 1 aliphatic heterocycles. The van der Waals surface area contributed by atoms with Crippen LogP contribution in [0.25, 0.3) is 11.3 Å². The Morgan fingerprint density at radius 2 is 2.25 bits per heavy atom. The number of hydrogen-bond acceptors (Lipinski definition) is 8. The van der Waals surface area contributed by atoms with Crippen LogP contribution in [0.15, 0.2) is 36.5 Å². The lowest BCUT2D eigenvalue weighted by Gasteiger charge is -2.33. The van der Waals surface area contributed by atoms with E-state index in [0.717, 1.165) is 37.4 Å². The summed E-state index contributed by atoms with van der Waals surface area (Å²) in [5.41, 5.74) is 3.31. The van der Waals surface area contributed by atoms with E-state index in [1.54, 1.807) is 6.20 Å². The molecule has 9 heteroatoms. The first-order chi connectivity index (χ1) is 13.8. The lowest BCUT2D eigenvalue weighted by atomic mass is 10.1. The molecule has 1 atom stereocenters. The number of piperazine rings is 1. The summed E-state index contributed by atoms with van der Waals surface area (Å²) < 4.78 is 0. The van der Waals surface area contributed by atoms with Crippen molar-refractivity contribution in [3.05, 3.63) is 47.9 Å². The topological polar surface area (TPSA) is 108 Å². The molecular formula is C19H25N9. The number of nitrogens with one attached hydrogen (secondary N) is 3. The molecule has 0 amide bonds. The summed E-state index contributed by atoms with van der Waals surface area (Å²) in [6.45, 7) is 7.04. The Morgan fingerprint density at radius 1 is 1.29 bits per heavy atom. The van der Waals surface area contributed by atoms with E-state index in [-0.39, 0.29) is 0 Å². The number of nitrogens with zero attached hydrogens (tertiary/aromatic N) is 6. The van der Waals surface area contributed by atoms with Crippen LogP contribution in [0.2, 0.25) is 0 Å². The Labute approximate surface area is 164 Å². The molecule has 1 aliphatic rings. The van der Waals surface area contributed by atoms with Crippen LogP contribution in [0.1, 0.15) is 18.3 Å². The zero-order valence-corrected chi connectivity index (χ0v) is 16.0. The van der Waals surface area contributed by atoms with E-state index in [0.29, 0.717) is 30.8 Å². The molecule has 0 aliphatic carbocycles. The van der Waals surface area contributed by atoms with Gasteiger partial charge < -0.3 is 10.6 Å². The molecule has 146 valence electrons. The van der Waals surface area contributed by atoms with Crippen LogP contribution in [-0.2, 0) is 13.0 Å². The van der Waals surface area contributed by atoms with Gasteiger partial charge in [-0.2, -0.15) is 5.21 Å². The van der Waals surface area contributed by atoms with Gasteiger partial charge in [0.1, 0.15) is 0 Å². The van der Waals surface area contributed by atoms with Gasteiger partial charge in [0.05, 0.1) is 5.69 Å². The van der Waals surface area contributed by atoms with Crippen LogP contribution >= 0.6 is 0 Å². The molecule has 0 spiro atoms. The molecule has 1 fully saturated rings. The van der Waals surface area contributed by atoms with Gasteiger partial charge in [0.25, 0.3) is 0 Å². The molecule has 0 unspecified atom stereocenters. The molecule has 4 rings (SSSR count). The molecule has 28 heavy (non-hydrogen) atoms. The molecule has 3 N–H and O–H groups in total. The van der Waals surface area contributed by atoms with Crippen molar-refractivity contribution < 1.29 is 0 Å². The largest absolute Gasteiger partial charge is 0.354 e. The smallest absolute Gasteiger partial charge is 0.223 e. The predicted molar refractivity (Wildman–Crippen MR) is 107 cm³/mol. The number of benzene rings is 1. The fourth-order valence-electron chi connectivity index (χ4n) is 3.36. The van der Waals surface area contributed by atoms with Gasteiger partial charge in [0.15, 0.2) is 5.82 Å². The van der Waals surface area contributed by atoms with E-state index in [9.17, 15) is 0 Å². The van der Waals surface area contributed by atoms with E-state index in [4.69, 9.17) is 0 Å². The lowest BCUT2D eigenvalue weighted by molar-refractivity contribution is 0.165. The molecular weight excluding hydrogens is 354 g/mol. The van der Waals surface area contributed by atoms with Crippen LogP contribution in [0, 0.1) is 0 Å². The van der Waals surface area contributed by atoms with Crippen molar-refractivity contribution in [3.8, 4) is 11.3 Å². The molecule has 0 bridgehead atoms. The van der Waals surface area contributed by atoms with Crippen molar-refractivity contribution in [1.29, 1.82) is 0 Å². The van der Waals surface area contributed by atoms with E-state index in [1.165, 1.54) is 5.56 Å². The minimum absolute atomic E-state index is 0.548. The van der Waals surface area contributed by atoms with Crippen LogP contribution in [0.5, 0.6) is 0 Å². The molecule has 0 radical (unpaired) electrons. The maximum Gasteiger partial charge on any atom is 0.223 e. The first-order valence-corrected chi connectivity index (χ1v) is 9.61. The number of hydrogen-bond donors (Lipinski definition) is 3. The van der Waals surface area contributed by atoms with Gasteiger partial charge in [-0.1, -0.05) is 23.4 Å². The summed E-state index contributed by atoms with van der Waals surface area (Å²) >= 11 is 0. The summed E-state index contributed by atoms with van der Waals surface area (Å²) in [5.74, 6) is 1.26. The Kier molecular flexibility index (Phi) is 5.83.